The standard InChI is InChI=1S/C14H19N5S2/c1-9(15)6-12-13(17-14-19(12)4-5-20-14)18(3)7-11-8-21-10(2)16-11/h4-5,8-9H,6-7,15H2,1-3H3. The lowest BCUT2D eigenvalue weighted by Gasteiger charge is -2.18. The molecular weight excluding hydrogens is 302 g/mol. The number of hydrogen-bond acceptors (Lipinski definition) is 6. The fourth-order valence-electron chi connectivity index (χ4n) is 2.42. The van der Waals surface area contributed by atoms with Gasteiger partial charge in [0.25, 0.3) is 0 Å². The van der Waals surface area contributed by atoms with Gasteiger partial charge in [0.1, 0.15) is 0 Å². The topological polar surface area (TPSA) is 59.5 Å². The summed E-state index contributed by atoms with van der Waals surface area (Å²) in [7, 11) is 2.06. The summed E-state index contributed by atoms with van der Waals surface area (Å²) in [5, 5.41) is 5.26. The molecule has 3 rings (SSSR count). The third kappa shape index (κ3) is 2.95. The van der Waals surface area contributed by atoms with E-state index in [9.17, 15) is 0 Å². The third-order valence-electron chi connectivity index (χ3n) is 3.28. The fraction of sp³-hybridized carbons (Fsp3) is 0.429. The van der Waals surface area contributed by atoms with Gasteiger partial charge < -0.3 is 10.6 Å². The maximum atomic E-state index is 6.00. The molecule has 0 radical (unpaired) electrons. The molecule has 0 saturated carbocycles. The molecule has 0 amide bonds. The van der Waals surface area contributed by atoms with Crippen molar-refractivity contribution in [1.29, 1.82) is 0 Å². The number of aryl methyl sites for hydroxylation is 1. The molecule has 0 spiro atoms. The smallest absolute Gasteiger partial charge is 0.195 e. The molecule has 0 saturated heterocycles. The van der Waals surface area contributed by atoms with Crippen molar-refractivity contribution in [2.45, 2.75) is 32.9 Å². The second kappa shape index (κ2) is 5.75. The quantitative estimate of drug-likeness (QED) is 0.785. The Hall–Kier alpha value is -1.44. The average Bonchev–Trinajstić information content (AvgIpc) is 3.07. The molecule has 3 aromatic heterocycles. The van der Waals surface area contributed by atoms with E-state index in [-0.39, 0.29) is 6.04 Å². The number of nitrogens with zero attached hydrogens (tertiary/aromatic N) is 4. The number of thiazole rings is 2. The molecular formula is C14H19N5S2. The van der Waals surface area contributed by atoms with Crippen LogP contribution in [-0.4, -0.2) is 27.5 Å². The second-order valence-corrected chi connectivity index (χ2v) is 7.27. The Morgan fingerprint density at radius 2 is 2.19 bits per heavy atom. The number of anilines is 1. The molecule has 1 unspecified atom stereocenters. The van der Waals surface area contributed by atoms with Crippen LogP contribution in [-0.2, 0) is 13.0 Å². The molecule has 112 valence electrons. The van der Waals surface area contributed by atoms with Gasteiger partial charge in [-0.2, -0.15) is 0 Å². The van der Waals surface area contributed by atoms with Crippen molar-refractivity contribution in [2.24, 2.45) is 5.73 Å². The van der Waals surface area contributed by atoms with Gasteiger partial charge in [-0.25, -0.2) is 9.97 Å². The molecule has 1 atom stereocenters. The highest BCUT2D eigenvalue weighted by molar-refractivity contribution is 7.15. The van der Waals surface area contributed by atoms with Crippen LogP contribution >= 0.6 is 22.7 Å². The lowest BCUT2D eigenvalue weighted by atomic mass is 10.2. The van der Waals surface area contributed by atoms with Gasteiger partial charge in [0.15, 0.2) is 10.8 Å². The number of aromatic nitrogens is 3. The van der Waals surface area contributed by atoms with Crippen LogP contribution in [0, 0.1) is 6.92 Å². The molecule has 0 aliphatic rings. The van der Waals surface area contributed by atoms with Crippen molar-refractivity contribution < 1.29 is 0 Å². The lowest BCUT2D eigenvalue weighted by molar-refractivity contribution is 0.713. The SMILES string of the molecule is Cc1nc(CN(C)c2nc3sccn3c2CC(C)N)cs1. The Morgan fingerprint density at radius 3 is 2.86 bits per heavy atom. The molecule has 0 aliphatic carbocycles. The second-order valence-electron chi connectivity index (χ2n) is 5.33. The first kappa shape index (κ1) is 14.5. The Balaban J connectivity index is 1.92. The predicted octanol–water partition coefficient (Wildman–Crippen LogP) is 2.69. The fourth-order valence-corrected chi connectivity index (χ4v) is 3.75. The van der Waals surface area contributed by atoms with Gasteiger partial charge in [0.05, 0.1) is 22.9 Å². The number of nitrogens with two attached hydrogens (primary N) is 1. The average molecular weight is 321 g/mol. The Labute approximate surface area is 132 Å². The van der Waals surface area contributed by atoms with Gasteiger partial charge in [-0.3, -0.25) is 4.40 Å². The zero-order chi connectivity index (χ0) is 15.0. The summed E-state index contributed by atoms with van der Waals surface area (Å²) in [6, 6.07) is 0.110. The first-order chi connectivity index (χ1) is 10.0. The van der Waals surface area contributed by atoms with Crippen LogP contribution in [0.2, 0.25) is 0 Å². The zero-order valence-corrected chi connectivity index (χ0v) is 14.0. The number of fused-ring (bicyclic) bond motifs is 1. The highest BCUT2D eigenvalue weighted by atomic mass is 32.1. The minimum atomic E-state index is 0.110. The first-order valence-corrected chi connectivity index (χ1v) is 8.62. The van der Waals surface area contributed by atoms with Crippen molar-refractivity contribution in [2.75, 3.05) is 11.9 Å². The van der Waals surface area contributed by atoms with Crippen molar-refractivity contribution >= 4 is 33.5 Å². The Kier molecular flexibility index (Phi) is 3.97. The normalized spacial score (nSPS) is 13.0. The predicted molar refractivity (Wildman–Crippen MR) is 89.4 cm³/mol. The van der Waals surface area contributed by atoms with E-state index in [0.717, 1.165) is 34.4 Å². The molecule has 2 N–H and O–H groups in total. The van der Waals surface area contributed by atoms with E-state index in [2.05, 4.69) is 38.3 Å². The Morgan fingerprint density at radius 1 is 1.38 bits per heavy atom. The minimum Gasteiger partial charge on any atom is -0.352 e. The van der Waals surface area contributed by atoms with Gasteiger partial charge in [-0.1, -0.05) is 0 Å². The van der Waals surface area contributed by atoms with E-state index in [1.54, 1.807) is 22.7 Å². The summed E-state index contributed by atoms with van der Waals surface area (Å²) < 4.78 is 2.14. The van der Waals surface area contributed by atoms with Gasteiger partial charge in [-0.05, 0) is 13.8 Å². The molecule has 0 aliphatic heterocycles. The van der Waals surface area contributed by atoms with Crippen molar-refractivity contribution in [3.63, 3.8) is 0 Å². The maximum Gasteiger partial charge on any atom is 0.195 e. The van der Waals surface area contributed by atoms with Crippen LogP contribution in [0.3, 0.4) is 0 Å². The van der Waals surface area contributed by atoms with Crippen LogP contribution in [0.4, 0.5) is 5.82 Å². The van der Waals surface area contributed by atoms with E-state index in [0.29, 0.717) is 0 Å². The van der Waals surface area contributed by atoms with Crippen LogP contribution in [0.15, 0.2) is 17.0 Å². The van der Waals surface area contributed by atoms with Crippen LogP contribution < -0.4 is 10.6 Å². The molecule has 3 heterocycles. The van der Waals surface area contributed by atoms with E-state index >= 15 is 0 Å². The molecule has 0 bridgehead atoms. The van der Waals surface area contributed by atoms with Crippen molar-refractivity contribution in [3.05, 3.63) is 33.4 Å². The summed E-state index contributed by atoms with van der Waals surface area (Å²) in [6.45, 7) is 4.82. The molecule has 7 heteroatoms. The first-order valence-electron chi connectivity index (χ1n) is 6.86. The van der Waals surface area contributed by atoms with Gasteiger partial charge in [0.2, 0.25) is 0 Å². The molecule has 0 aromatic carbocycles. The number of rotatable bonds is 5. The van der Waals surface area contributed by atoms with E-state index in [1.165, 1.54) is 5.69 Å². The van der Waals surface area contributed by atoms with Crippen molar-refractivity contribution in [3.8, 4) is 0 Å². The number of imidazole rings is 1. The monoisotopic (exact) mass is 321 g/mol. The van der Waals surface area contributed by atoms with E-state index in [1.807, 2.05) is 13.8 Å². The van der Waals surface area contributed by atoms with Gasteiger partial charge in [0, 0.05) is 36.5 Å². The molecule has 5 nitrogen and oxygen atoms in total. The highest BCUT2D eigenvalue weighted by Crippen LogP contribution is 2.26. The third-order valence-corrected chi connectivity index (χ3v) is 4.86. The summed E-state index contributed by atoms with van der Waals surface area (Å²) in [5.74, 6) is 1.00. The summed E-state index contributed by atoms with van der Waals surface area (Å²) >= 11 is 3.33. The van der Waals surface area contributed by atoms with E-state index in [4.69, 9.17) is 10.7 Å². The van der Waals surface area contributed by atoms with Crippen LogP contribution in [0.1, 0.15) is 23.3 Å². The van der Waals surface area contributed by atoms with Gasteiger partial charge in [-0.15, -0.1) is 22.7 Å². The number of hydrogen-bond donors (Lipinski definition) is 1. The molecule has 0 fully saturated rings. The van der Waals surface area contributed by atoms with Crippen LogP contribution in [0.5, 0.6) is 0 Å². The summed E-state index contributed by atoms with van der Waals surface area (Å²) in [6.07, 6.45) is 2.88. The summed E-state index contributed by atoms with van der Waals surface area (Å²) in [4.78, 5) is 12.5. The maximum absolute atomic E-state index is 6.00. The molecule has 21 heavy (non-hydrogen) atoms. The minimum absolute atomic E-state index is 0.110. The molecule has 3 aromatic rings. The highest BCUT2D eigenvalue weighted by Gasteiger charge is 2.18. The Bertz CT molecular complexity index is 740. The van der Waals surface area contributed by atoms with E-state index < -0.39 is 0 Å². The largest absolute Gasteiger partial charge is 0.352 e. The lowest BCUT2D eigenvalue weighted by Crippen LogP contribution is -2.23. The summed E-state index contributed by atoms with van der Waals surface area (Å²) in [5.41, 5.74) is 8.26. The zero-order valence-electron chi connectivity index (χ0n) is 12.4. The van der Waals surface area contributed by atoms with Gasteiger partial charge >= 0.3 is 0 Å². The van der Waals surface area contributed by atoms with Crippen LogP contribution in [0.25, 0.3) is 4.96 Å². The van der Waals surface area contributed by atoms with Crippen molar-refractivity contribution in [1.82, 2.24) is 14.4 Å².